The van der Waals surface area contributed by atoms with Crippen molar-refractivity contribution in [1.82, 2.24) is 5.32 Å². The minimum absolute atomic E-state index is 0.302. The molecule has 0 spiro atoms. The van der Waals surface area contributed by atoms with Crippen LogP contribution in [0.4, 0.5) is 0 Å². The van der Waals surface area contributed by atoms with Gasteiger partial charge in [0, 0.05) is 19.5 Å². The number of nitrogens with two attached hydrogens (primary N) is 1. The van der Waals surface area contributed by atoms with Crippen LogP contribution >= 0.6 is 0 Å². The van der Waals surface area contributed by atoms with Crippen molar-refractivity contribution in [2.24, 2.45) is 27.6 Å². The van der Waals surface area contributed by atoms with Crippen molar-refractivity contribution < 1.29 is 5.21 Å². The largest absolute Gasteiger partial charge is 0.409 e. The predicted octanol–water partition coefficient (Wildman–Crippen LogP) is 1.68. The molecule has 0 aromatic rings. The highest BCUT2D eigenvalue weighted by Gasteiger charge is 2.53. The van der Waals surface area contributed by atoms with Gasteiger partial charge < -0.3 is 16.3 Å². The van der Waals surface area contributed by atoms with Crippen molar-refractivity contribution in [3.63, 3.8) is 0 Å². The third-order valence-electron chi connectivity index (χ3n) is 4.95. The Balaban J connectivity index is 1.42. The Labute approximate surface area is 103 Å². The van der Waals surface area contributed by atoms with E-state index in [1.807, 2.05) is 0 Å². The second-order valence-electron chi connectivity index (χ2n) is 6.51. The van der Waals surface area contributed by atoms with Crippen LogP contribution in [0.25, 0.3) is 0 Å². The molecule has 0 atom stereocenters. The van der Waals surface area contributed by atoms with Gasteiger partial charge in [0.2, 0.25) is 0 Å². The zero-order valence-electron chi connectivity index (χ0n) is 10.4. The predicted molar refractivity (Wildman–Crippen MR) is 67.0 cm³/mol. The monoisotopic (exact) mass is 237 g/mol. The first-order valence-corrected chi connectivity index (χ1v) is 6.85. The molecule has 3 fully saturated rings. The smallest absolute Gasteiger partial charge is 0.139 e. The van der Waals surface area contributed by atoms with E-state index in [4.69, 9.17) is 10.9 Å². The minimum atomic E-state index is 0.302. The van der Waals surface area contributed by atoms with Crippen molar-refractivity contribution in [2.75, 3.05) is 13.1 Å². The lowest BCUT2D eigenvalue weighted by Crippen LogP contribution is -2.33. The highest BCUT2D eigenvalue weighted by Crippen LogP contribution is 2.61. The molecule has 0 bridgehead atoms. The van der Waals surface area contributed by atoms with Gasteiger partial charge in [-0.2, -0.15) is 0 Å². The van der Waals surface area contributed by atoms with Crippen LogP contribution in [-0.2, 0) is 0 Å². The van der Waals surface area contributed by atoms with Crippen LogP contribution in [0.2, 0.25) is 0 Å². The normalized spacial score (nSPS) is 29.1. The average Bonchev–Trinajstić information content (AvgIpc) is 3.09. The second-order valence-corrected chi connectivity index (χ2v) is 6.51. The molecular weight excluding hydrogens is 214 g/mol. The first kappa shape index (κ1) is 11.3. The maximum absolute atomic E-state index is 8.61. The Morgan fingerprint density at radius 1 is 1.24 bits per heavy atom. The maximum atomic E-state index is 8.61. The van der Waals surface area contributed by atoms with Crippen molar-refractivity contribution in [1.29, 1.82) is 0 Å². The van der Waals surface area contributed by atoms with Crippen LogP contribution in [0.3, 0.4) is 0 Å². The van der Waals surface area contributed by atoms with Crippen LogP contribution in [0.15, 0.2) is 5.16 Å². The standard InChI is InChI=1S/C13H23N3O/c14-11(16-17)7-12(3-4-12)8-15-9-13(5-6-13)10-1-2-10/h10,15,17H,1-9H2,(H2,14,16). The first-order chi connectivity index (χ1) is 8.18. The van der Waals surface area contributed by atoms with E-state index in [1.54, 1.807) is 0 Å². The second kappa shape index (κ2) is 3.87. The number of hydrogen-bond acceptors (Lipinski definition) is 3. The lowest BCUT2D eigenvalue weighted by molar-refractivity contribution is 0.313. The summed E-state index contributed by atoms with van der Waals surface area (Å²) in [6.07, 6.45) is 8.94. The summed E-state index contributed by atoms with van der Waals surface area (Å²) in [5.74, 6) is 1.40. The van der Waals surface area contributed by atoms with E-state index in [1.165, 1.54) is 45.1 Å². The number of amidine groups is 1. The van der Waals surface area contributed by atoms with Gasteiger partial charge in [0.15, 0.2) is 0 Å². The zero-order chi connectivity index (χ0) is 11.9. The Morgan fingerprint density at radius 2 is 1.94 bits per heavy atom. The molecule has 4 N–H and O–H groups in total. The Kier molecular flexibility index (Phi) is 2.58. The molecule has 0 aromatic heterocycles. The van der Waals surface area contributed by atoms with Gasteiger partial charge in [-0.15, -0.1) is 0 Å². The Morgan fingerprint density at radius 3 is 2.41 bits per heavy atom. The molecule has 3 aliphatic rings. The lowest BCUT2D eigenvalue weighted by atomic mass is 9.98. The van der Waals surface area contributed by atoms with Crippen LogP contribution < -0.4 is 11.1 Å². The van der Waals surface area contributed by atoms with E-state index in [0.29, 0.717) is 16.7 Å². The summed E-state index contributed by atoms with van der Waals surface area (Å²) in [7, 11) is 0. The number of rotatable bonds is 7. The van der Waals surface area contributed by atoms with E-state index in [0.717, 1.165) is 18.9 Å². The summed E-state index contributed by atoms with van der Waals surface area (Å²) in [4.78, 5) is 0. The average molecular weight is 237 g/mol. The number of hydrogen-bond donors (Lipinski definition) is 3. The van der Waals surface area contributed by atoms with E-state index in [9.17, 15) is 0 Å². The molecule has 96 valence electrons. The van der Waals surface area contributed by atoms with Crippen LogP contribution in [0, 0.1) is 16.7 Å². The molecule has 4 heteroatoms. The van der Waals surface area contributed by atoms with Crippen molar-refractivity contribution in [3.8, 4) is 0 Å². The van der Waals surface area contributed by atoms with Crippen molar-refractivity contribution >= 4 is 5.84 Å². The minimum Gasteiger partial charge on any atom is -0.409 e. The van der Waals surface area contributed by atoms with Gasteiger partial charge in [-0.25, -0.2) is 0 Å². The van der Waals surface area contributed by atoms with E-state index in [2.05, 4.69) is 10.5 Å². The van der Waals surface area contributed by atoms with Gasteiger partial charge in [0.1, 0.15) is 5.84 Å². The fraction of sp³-hybridized carbons (Fsp3) is 0.923. The third-order valence-corrected chi connectivity index (χ3v) is 4.95. The van der Waals surface area contributed by atoms with Crippen LogP contribution in [0.1, 0.15) is 44.9 Å². The summed E-state index contributed by atoms with van der Waals surface area (Å²) in [5.41, 5.74) is 6.57. The van der Waals surface area contributed by atoms with E-state index < -0.39 is 0 Å². The van der Waals surface area contributed by atoms with Gasteiger partial charge in [-0.05, 0) is 55.3 Å². The number of nitrogens with one attached hydrogen (secondary N) is 1. The van der Waals surface area contributed by atoms with Crippen molar-refractivity contribution in [2.45, 2.75) is 44.9 Å². The number of nitrogens with zero attached hydrogens (tertiary/aromatic N) is 1. The van der Waals surface area contributed by atoms with E-state index in [-0.39, 0.29) is 0 Å². The van der Waals surface area contributed by atoms with Gasteiger partial charge in [0.05, 0.1) is 0 Å². The summed E-state index contributed by atoms with van der Waals surface area (Å²) in [6.45, 7) is 2.23. The molecule has 3 rings (SSSR count). The molecule has 17 heavy (non-hydrogen) atoms. The highest BCUT2D eigenvalue weighted by atomic mass is 16.4. The molecule has 3 saturated carbocycles. The topological polar surface area (TPSA) is 70.6 Å². The SMILES string of the molecule is NC(CC1(CNCC2(C3CC3)CC2)CC1)=NO. The summed E-state index contributed by atoms with van der Waals surface area (Å²) < 4.78 is 0. The molecule has 0 heterocycles. The van der Waals surface area contributed by atoms with E-state index >= 15 is 0 Å². The number of oxime groups is 1. The third kappa shape index (κ3) is 2.41. The zero-order valence-corrected chi connectivity index (χ0v) is 10.4. The molecule has 3 aliphatic carbocycles. The van der Waals surface area contributed by atoms with Crippen LogP contribution in [-0.4, -0.2) is 24.1 Å². The summed E-state index contributed by atoms with van der Waals surface area (Å²) >= 11 is 0. The summed E-state index contributed by atoms with van der Waals surface area (Å²) in [6, 6.07) is 0. The molecule has 0 saturated heterocycles. The summed E-state index contributed by atoms with van der Waals surface area (Å²) in [5, 5.41) is 15.4. The molecule has 0 amide bonds. The lowest BCUT2D eigenvalue weighted by Gasteiger charge is -2.19. The molecule has 0 unspecified atom stereocenters. The molecular formula is C13H23N3O. The fourth-order valence-electron chi connectivity index (χ4n) is 3.17. The first-order valence-electron chi connectivity index (χ1n) is 6.85. The molecule has 4 nitrogen and oxygen atoms in total. The quantitative estimate of drug-likeness (QED) is 0.273. The molecule has 0 radical (unpaired) electrons. The highest BCUT2D eigenvalue weighted by molar-refractivity contribution is 5.80. The van der Waals surface area contributed by atoms with Crippen molar-refractivity contribution in [3.05, 3.63) is 0 Å². The molecule has 0 aliphatic heterocycles. The Bertz CT molecular complexity index is 328. The molecule has 0 aromatic carbocycles. The van der Waals surface area contributed by atoms with Gasteiger partial charge in [-0.3, -0.25) is 0 Å². The van der Waals surface area contributed by atoms with Gasteiger partial charge >= 0.3 is 0 Å². The van der Waals surface area contributed by atoms with Crippen LogP contribution in [0.5, 0.6) is 0 Å². The van der Waals surface area contributed by atoms with Gasteiger partial charge in [0.25, 0.3) is 0 Å². The fourth-order valence-corrected chi connectivity index (χ4v) is 3.17. The maximum Gasteiger partial charge on any atom is 0.139 e. The Hall–Kier alpha value is -0.770. The van der Waals surface area contributed by atoms with Gasteiger partial charge in [-0.1, -0.05) is 5.16 Å².